The molecular formula is C22H19N3O4S. The van der Waals surface area contributed by atoms with Crippen molar-refractivity contribution in [2.45, 2.75) is 11.3 Å². The lowest BCUT2D eigenvalue weighted by Crippen LogP contribution is -2.26. The Morgan fingerprint density at radius 3 is 2.40 bits per heavy atom. The molecule has 0 spiro atoms. The summed E-state index contributed by atoms with van der Waals surface area (Å²) in [5, 5.41) is 17.1. The number of hydrogen-bond donors (Lipinski definition) is 2. The standard InChI is InChI=1S/C22H19N3O4S/c23-15-18(22(26)25-13-12-16-4-2-1-3-5-16)14-19-8-11-21(29-19)17-6-9-20(10-7-17)30(24,27)28/h1-11,14H,12-13H2,(H,25,26)(H2,24,27,28). The maximum atomic E-state index is 12.3. The Morgan fingerprint density at radius 1 is 1.07 bits per heavy atom. The minimum Gasteiger partial charge on any atom is -0.457 e. The molecule has 0 saturated carbocycles. The molecule has 1 aromatic heterocycles. The van der Waals surface area contributed by atoms with Crippen LogP contribution in [-0.2, 0) is 21.2 Å². The summed E-state index contributed by atoms with van der Waals surface area (Å²) in [6.07, 6.45) is 2.02. The highest BCUT2D eigenvalue weighted by molar-refractivity contribution is 7.89. The first kappa shape index (κ1) is 21.0. The van der Waals surface area contributed by atoms with E-state index < -0.39 is 15.9 Å². The molecule has 0 unspecified atom stereocenters. The van der Waals surface area contributed by atoms with Crippen molar-refractivity contribution in [2.24, 2.45) is 5.14 Å². The second kappa shape index (κ2) is 9.22. The summed E-state index contributed by atoms with van der Waals surface area (Å²) >= 11 is 0. The lowest BCUT2D eigenvalue weighted by Gasteiger charge is -2.04. The molecular weight excluding hydrogens is 402 g/mol. The van der Waals surface area contributed by atoms with Gasteiger partial charge in [-0.3, -0.25) is 4.79 Å². The van der Waals surface area contributed by atoms with Gasteiger partial charge < -0.3 is 9.73 Å². The number of carbonyl (C=O) groups is 1. The number of nitrogens with zero attached hydrogens (tertiary/aromatic N) is 1. The van der Waals surface area contributed by atoms with Gasteiger partial charge in [-0.05, 0) is 48.4 Å². The van der Waals surface area contributed by atoms with Crippen LogP contribution in [0.4, 0.5) is 0 Å². The van der Waals surface area contributed by atoms with Crippen molar-refractivity contribution >= 4 is 22.0 Å². The summed E-state index contributed by atoms with van der Waals surface area (Å²) in [5.74, 6) is 0.308. The van der Waals surface area contributed by atoms with Gasteiger partial charge in [0.1, 0.15) is 23.2 Å². The summed E-state index contributed by atoms with van der Waals surface area (Å²) in [6.45, 7) is 0.404. The zero-order chi connectivity index (χ0) is 21.6. The van der Waals surface area contributed by atoms with Crippen LogP contribution in [0, 0.1) is 11.3 Å². The predicted octanol–water partition coefficient (Wildman–Crippen LogP) is 2.86. The molecule has 0 aliphatic heterocycles. The van der Waals surface area contributed by atoms with Crippen LogP contribution in [0.3, 0.4) is 0 Å². The first-order valence-electron chi connectivity index (χ1n) is 9.04. The van der Waals surface area contributed by atoms with Gasteiger partial charge in [0.2, 0.25) is 10.0 Å². The van der Waals surface area contributed by atoms with Crippen LogP contribution in [0.1, 0.15) is 11.3 Å². The highest BCUT2D eigenvalue weighted by Crippen LogP contribution is 2.24. The van der Waals surface area contributed by atoms with Crippen molar-refractivity contribution in [1.82, 2.24) is 5.32 Å². The third-order valence-electron chi connectivity index (χ3n) is 4.29. The first-order chi connectivity index (χ1) is 14.4. The van der Waals surface area contributed by atoms with Crippen LogP contribution in [-0.4, -0.2) is 20.9 Å². The molecule has 0 saturated heterocycles. The van der Waals surface area contributed by atoms with Gasteiger partial charge in [-0.2, -0.15) is 5.26 Å². The van der Waals surface area contributed by atoms with Crippen molar-refractivity contribution in [1.29, 1.82) is 5.26 Å². The number of benzene rings is 2. The molecule has 0 aliphatic carbocycles. The summed E-state index contributed by atoms with van der Waals surface area (Å²) < 4.78 is 28.3. The van der Waals surface area contributed by atoms with E-state index in [1.54, 1.807) is 24.3 Å². The highest BCUT2D eigenvalue weighted by Gasteiger charge is 2.12. The Hall–Kier alpha value is -3.67. The minimum absolute atomic E-state index is 0.00290. The van der Waals surface area contributed by atoms with Gasteiger partial charge in [-0.1, -0.05) is 30.3 Å². The molecule has 0 radical (unpaired) electrons. The molecule has 1 amide bonds. The van der Waals surface area contributed by atoms with E-state index in [2.05, 4.69) is 5.32 Å². The van der Waals surface area contributed by atoms with Crippen molar-refractivity contribution in [3.63, 3.8) is 0 Å². The van der Waals surface area contributed by atoms with Crippen LogP contribution < -0.4 is 10.5 Å². The van der Waals surface area contributed by atoms with Gasteiger partial charge in [0.15, 0.2) is 0 Å². The first-order valence-corrected chi connectivity index (χ1v) is 10.6. The van der Waals surface area contributed by atoms with Crippen LogP contribution in [0.15, 0.2) is 81.6 Å². The highest BCUT2D eigenvalue weighted by atomic mass is 32.2. The number of sulfonamides is 1. The van der Waals surface area contributed by atoms with Crippen molar-refractivity contribution in [3.8, 4) is 17.4 Å². The largest absolute Gasteiger partial charge is 0.457 e. The molecule has 3 aromatic rings. The fraction of sp³-hybridized carbons (Fsp3) is 0.0909. The monoisotopic (exact) mass is 421 g/mol. The maximum Gasteiger partial charge on any atom is 0.262 e. The fourth-order valence-corrected chi connectivity index (χ4v) is 3.26. The number of hydrogen-bond acceptors (Lipinski definition) is 5. The minimum atomic E-state index is -3.77. The van der Waals surface area contributed by atoms with Gasteiger partial charge in [0.25, 0.3) is 5.91 Å². The van der Waals surface area contributed by atoms with E-state index in [9.17, 15) is 18.5 Å². The average Bonchev–Trinajstić information content (AvgIpc) is 3.21. The maximum absolute atomic E-state index is 12.3. The fourth-order valence-electron chi connectivity index (χ4n) is 2.75. The molecule has 152 valence electrons. The summed E-state index contributed by atoms with van der Waals surface area (Å²) in [5.41, 5.74) is 1.64. The lowest BCUT2D eigenvalue weighted by molar-refractivity contribution is -0.117. The molecule has 3 N–H and O–H groups in total. The molecule has 2 aromatic carbocycles. The smallest absolute Gasteiger partial charge is 0.262 e. The SMILES string of the molecule is N#CC(=Cc1ccc(-c2ccc(S(N)(=O)=O)cc2)o1)C(=O)NCCc1ccccc1. The quantitative estimate of drug-likeness (QED) is 0.448. The van der Waals surface area contributed by atoms with E-state index in [0.717, 1.165) is 5.56 Å². The van der Waals surface area contributed by atoms with Gasteiger partial charge >= 0.3 is 0 Å². The number of rotatable bonds is 7. The molecule has 7 nitrogen and oxygen atoms in total. The molecule has 0 aliphatic rings. The zero-order valence-electron chi connectivity index (χ0n) is 15.9. The van der Waals surface area contributed by atoms with Crippen LogP contribution in [0.25, 0.3) is 17.4 Å². The zero-order valence-corrected chi connectivity index (χ0v) is 16.7. The molecule has 0 atom stereocenters. The number of primary sulfonamides is 1. The van der Waals surface area contributed by atoms with E-state index >= 15 is 0 Å². The number of nitrogens with two attached hydrogens (primary N) is 1. The van der Waals surface area contributed by atoms with Gasteiger partial charge in [0, 0.05) is 18.2 Å². The number of nitriles is 1. The molecule has 0 bridgehead atoms. The molecule has 0 fully saturated rings. The molecule has 1 heterocycles. The molecule has 8 heteroatoms. The number of amides is 1. The third kappa shape index (κ3) is 5.44. The van der Waals surface area contributed by atoms with Crippen molar-refractivity contribution in [3.05, 3.63) is 83.6 Å². The van der Waals surface area contributed by atoms with E-state index in [0.29, 0.717) is 30.0 Å². The van der Waals surface area contributed by atoms with Crippen molar-refractivity contribution in [2.75, 3.05) is 6.54 Å². The second-order valence-corrected chi connectivity index (χ2v) is 7.99. The van der Waals surface area contributed by atoms with Crippen LogP contribution in [0.5, 0.6) is 0 Å². The topological polar surface area (TPSA) is 126 Å². The molecule has 30 heavy (non-hydrogen) atoms. The Balaban J connectivity index is 1.67. The predicted molar refractivity (Wildman–Crippen MR) is 112 cm³/mol. The Kier molecular flexibility index (Phi) is 6.47. The van der Waals surface area contributed by atoms with E-state index in [1.165, 1.54) is 18.2 Å². The second-order valence-electron chi connectivity index (χ2n) is 6.43. The Morgan fingerprint density at radius 2 is 1.77 bits per heavy atom. The summed E-state index contributed by atoms with van der Waals surface area (Å²) in [7, 11) is -3.77. The molecule has 3 rings (SSSR count). The van der Waals surface area contributed by atoms with E-state index in [-0.39, 0.29) is 10.5 Å². The number of nitrogens with one attached hydrogen (secondary N) is 1. The van der Waals surface area contributed by atoms with E-state index in [4.69, 9.17) is 9.56 Å². The van der Waals surface area contributed by atoms with Crippen molar-refractivity contribution < 1.29 is 17.6 Å². The van der Waals surface area contributed by atoms with Gasteiger partial charge in [0.05, 0.1) is 4.90 Å². The summed E-state index contributed by atoms with van der Waals surface area (Å²) in [4.78, 5) is 12.3. The van der Waals surface area contributed by atoms with Crippen LogP contribution in [0.2, 0.25) is 0 Å². The number of carbonyl (C=O) groups excluding carboxylic acids is 1. The van der Waals surface area contributed by atoms with Gasteiger partial charge in [-0.15, -0.1) is 0 Å². The summed E-state index contributed by atoms with van der Waals surface area (Å²) in [6, 6.07) is 20.8. The Bertz CT molecular complexity index is 1210. The van der Waals surface area contributed by atoms with E-state index in [1.807, 2.05) is 36.4 Å². The normalized spacial score (nSPS) is 11.7. The van der Waals surface area contributed by atoms with Crippen LogP contribution >= 0.6 is 0 Å². The lowest BCUT2D eigenvalue weighted by atomic mass is 10.1. The van der Waals surface area contributed by atoms with Gasteiger partial charge in [-0.25, -0.2) is 13.6 Å². The Labute approximate surface area is 174 Å². The average molecular weight is 421 g/mol. The number of furan rings is 1. The third-order valence-corrected chi connectivity index (χ3v) is 5.22.